The zero-order chi connectivity index (χ0) is 39.6. The number of benzene rings is 7. The molecule has 0 saturated carbocycles. The summed E-state index contributed by atoms with van der Waals surface area (Å²) in [6.45, 7) is 10.5. The van der Waals surface area contributed by atoms with Crippen molar-refractivity contribution in [3.05, 3.63) is 287 Å². The summed E-state index contributed by atoms with van der Waals surface area (Å²) in [6, 6.07) is 69.5. The molecule has 0 fully saturated rings. The highest BCUT2D eigenvalue weighted by atomic mass is 14.1. The second kappa shape index (κ2) is 24.7. The second-order valence-corrected chi connectivity index (χ2v) is 13.7. The molecule has 0 spiro atoms. The molecule has 0 aromatic heterocycles. The van der Waals surface area contributed by atoms with Crippen LogP contribution in [-0.4, -0.2) is 0 Å². The summed E-state index contributed by atoms with van der Waals surface area (Å²) in [5.41, 5.74) is 13.8. The Hall–Kier alpha value is -6.50. The normalized spacial score (nSPS) is 11.3. The van der Waals surface area contributed by atoms with Gasteiger partial charge in [-0.05, 0) is 74.4 Å². The Morgan fingerprint density at radius 1 is 0.286 bits per heavy atom. The minimum Gasteiger partial charge on any atom is -0.0808 e. The number of allylic oxidation sites excluding steroid dienone is 6. The van der Waals surface area contributed by atoms with E-state index in [4.69, 9.17) is 0 Å². The lowest BCUT2D eigenvalue weighted by atomic mass is 9.93. The van der Waals surface area contributed by atoms with Crippen molar-refractivity contribution in [1.29, 1.82) is 0 Å². The first-order valence-electron chi connectivity index (χ1n) is 19.4. The Bertz CT molecular complexity index is 1990. The molecule has 7 aromatic rings. The summed E-state index contributed by atoms with van der Waals surface area (Å²) in [5, 5.41) is 0. The van der Waals surface area contributed by atoms with Crippen LogP contribution in [0.3, 0.4) is 0 Å². The minimum atomic E-state index is 1.14. The maximum Gasteiger partial charge on any atom is -0.0111 e. The lowest BCUT2D eigenvalue weighted by Gasteiger charge is -2.11. The van der Waals surface area contributed by atoms with Gasteiger partial charge in [0.25, 0.3) is 0 Å². The molecule has 8 rings (SSSR count). The van der Waals surface area contributed by atoms with E-state index in [9.17, 15) is 0 Å². The zero-order valence-electron chi connectivity index (χ0n) is 33.7. The highest BCUT2D eigenvalue weighted by Gasteiger charge is 2.07. The molecule has 0 heterocycles. The SMILES string of the molecule is C1=CCC=C1.Cc1ccc(/C(=C/C=C(\c2ccccc2)c2ccc(C)cc2)c2ccccc2)cc1.Cc1ccccc1.Cc1ccccc1.Cc1ccccc1. The van der Waals surface area contributed by atoms with Crippen LogP contribution in [0.1, 0.15) is 56.5 Å². The summed E-state index contributed by atoms with van der Waals surface area (Å²) < 4.78 is 0. The number of hydrogen-bond donors (Lipinski definition) is 0. The van der Waals surface area contributed by atoms with Gasteiger partial charge in [0.15, 0.2) is 0 Å². The van der Waals surface area contributed by atoms with Gasteiger partial charge in [-0.15, -0.1) is 0 Å². The van der Waals surface area contributed by atoms with E-state index in [1.165, 1.54) is 61.2 Å². The van der Waals surface area contributed by atoms with Crippen LogP contribution in [0, 0.1) is 34.6 Å². The summed E-state index contributed by atoms with van der Waals surface area (Å²) in [7, 11) is 0. The van der Waals surface area contributed by atoms with Crippen LogP contribution >= 0.6 is 0 Å². The molecular weight excluding hydrogens is 673 g/mol. The van der Waals surface area contributed by atoms with E-state index < -0.39 is 0 Å². The fourth-order valence-corrected chi connectivity index (χ4v) is 5.58. The summed E-state index contributed by atoms with van der Waals surface area (Å²) in [4.78, 5) is 0. The largest absolute Gasteiger partial charge is 0.0808 e. The number of aryl methyl sites for hydroxylation is 5. The zero-order valence-corrected chi connectivity index (χ0v) is 33.7. The molecule has 0 nitrogen and oxygen atoms in total. The van der Waals surface area contributed by atoms with E-state index in [-0.39, 0.29) is 0 Å². The second-order valence-electron chi connectivity index (χ2n) is 13.7. The molecule has 0 N–H and O–H groups in total. The predicted molar refractivity (Wildman–Crippen MR) is 246 cm³/mol. The van der Waals surface area contributed by atoms with Crippen LogP contribution in [-0.2, 0) is 0 Å². The Morgan fingerprint density at radius 3 is 0.732 bits per heavy atom. The van der Waals surface area contributed by atoms with Crippen LogP contribution in [0.25, 0.3) is 11.1 Å². The smallest absolute Gasteiger partial charge is 0.0111 e. The van der Waals surface area contributed by atoms with Gasteiger partial charge in [-0.2, -0.15) is 0 Å². The minimum absolute atomic E-state index is 1.14. The van der Waals surface area contributed by atoms with E-state index in [2.05, 4.69) is 217 Å². The molecule has 0 bridgehead atoms. The van der Waals surface area contributed by atoms with Gasteiger partial charge in [-0.1, -0.05) is 264 Å². The van der Waals surface area contributed by atoms with Gasteiger partial charge in [0.05, 0.1) is 0 Å². The van der Waals surface area contributed by atoms with Crippen molar-refractivity contribution in [2.45, 2.75) is 41.0 Å². The summed E-state index contributed by atoms with van der Waals surface area (Å²) >= 11 is 0. The van der Waals surface area contributed by atoms with Gasteiger partial charge in [0.1, 0.15) is 0 Å². The topological polar surface area (TPSA) is 0 Å². The number of hydrogen-bond acceptors (Lipinski definition) is 0. The summed E-state index contributed by atoms with van der Waals surface area (Å²) in [6.07, 6.45) is 14.0. The highest BCUT2D eigenvalue weighted by molar-refractivity contribution is 5.86. The molecule has 0 radical (unpaired) electrons. The van der Waals surface area contributed by atoms with E-state index in [1.54, 1.807) is 0 Å². The van der Waals surface area contributed by atoms with Crippen LogP contribution < -0.4 is 0 Å². The fraction of sp³-hybridized carbons (Fsp3) is 0.107. The molecule has 0 heteroatoms. The first kappa shape index (κ1) is 42.2. The third kappa shape index (κ3) is 16.3. The first-order valence-corrected chi connectivity index (χ1v) is 19.4. The van der Waals surface area contributed by atoms with Crippen LogP contribution in [0.4, 0.5) is 0 Å². The monoisotopic (exact) mass is 728 g/mol. The average molecular weight is 729 g/mol. The Balaban J connectivity index is 0.000000212. The average Bonchev–Trinajstić information content (AvgIpc) is 3.84. The standard InChI is InChI=1S/C30H26.3C7H8.C5H6/c1-23-13-17-27(18-14-23)29(25-9-5-3-6-10-25)21-22-30(26-11-7-4-8-12-26)28-19-15-24(2)16-20-28;3*1-7-5-3-2-4-6-7;1-2-4-5-3-1/h3-22H,1-2H3;3*2-6H,1H3;1-4H,5H2/b29-21+,30-22+;;;;. The van der Waals surface area contributed by atoms with Crippen molar-refractivity contribution >= 4 is 11.1 Å². The quantitative estimate of drug-likeness (QED) is 0.155. The van der Waals surface area contributed by atoms with Crippen molar-refractivity contribution in [3.8, 4) is 0 Å². The highest BCUT2D eigenvalue weighted by Crippen LogP contribution is 2.28. The van der Waals surface area contributed by atoms with Crippen LogP contribution in [0.2, 0.25) is 0 Å². The molecule has 1 aliphatic carbocycles. The van der Waals surface area contributed by atoms with E-state index in [0.717, 1.165) is 6.42 Å². The number of rotatable bonds is 5. The van der Waals surface area contributed by atoms with Crippen molar-refractivity contribution in [3.63, 3.8) is 0 Å². The molecule has 0 amide bonds. The van der Waals surface area contributed by atoms with Gasteiger partial charge in [-0.3, -0.25) is 0 Å². The van der Waals surface area contributed by atoms with E-state index >= 15 is 0 Å². The molecule has 1 aliphatic rings. The third-order valence-corrected chi connectivity index (χ3v) is 8.79. The van der Waals surface area contributed by atoms with Gasteiger partial charge in [0, 0.05) is 0 Å². The lowest BCUT2D eigenvalue weighted by Crippen LogP contribution is -1.90. The Labute approximate surface area is 337 Å². The van der Waals surface area contributed by atoms with Crippen LogP contribution in [0.15, 0.2) is 237 Å². The first-order chi connectivity index (χ1) is 27.4. The Morgan fingerprint density at radius 2 is 0.518 bits per heavy atom. The molecule has 280 valence electrons. The lowest BCUT2D eigenvalue weighted by molar-refractivity contribution is 1.44. The molecule has 7 aromatic carbocycles. The fourth-order valence-electron chi connectivity index (χ4n) is 5.58. The van der Waals surface area contributed by atoms with Gasteiger partial charge in [-0.25, -0.2) is 0 Å². The van der Waals surface area contributed by atoms with E-state index in [1.807, 2.05) is 54.6 Å². The maximum absolute atomic E-state index is 2.25. The molecule has 56 heavy (non-hydrogen) atoms. The molecular formula is C56H56. The third-order valence-electron chi connectivity index (χ3n) is 8.79. The van der Waals surface area contributed by atoms with Gasteiger partial charge >= 0.3 is 0 Å². The van der Waals surface area contributed by atoms with Crippen LogP contribution in [0.5, 0.6) is 0 Å². The maximum atomic E-state index is 2.25. The van der Waals surface area contributed by atoms with Gasteiger partial charge < -0.3 is 0 Å². The molecule has 0 saturated heterocycles. The Kier molecular flexibility index (Phi) is 18.7. The van der Waals surface area contributed by atoms with Crippen molar-refractivity contribution < 1.29 is 0 Å². The summed E-state index contributed by atoms with van der Waals surface area (Å²) in [5.74, 6) is 0. The predicted octanol–water partition coefficient (Wildman–Crippen LogP) is 15.4. The molecule has 0 unspecified atom stereocenters. The molecule has 0 atom stereocenters. The van der Waals surface area contributed by atoms with E-state index in [0.29, 0.717) is 0 Å². The van der Waals surface area contributed by atoms with Crippen molar-refractivity contribution in [2.24, 2.45) is 0 Å². The molecule has 0 aliphatic heterocycles. The van der Waals surface area contributed by atoms with Crippen molar-refractivity contribution in [1.82, 2.24) is 0 Å². The van der Waals surface area contributed by atoms with Gasteiger partial charge in [0.2, 0.25) is 0 Å². The van der Waals surface area contributed by atoms with Crippen molar-refractivity contribution in [2.75, 3.05) is 0 Å².